The maximum atomic E-state index is 11.0. The highest BCUT2D eigenvalue weighted by Gasteiger charge is 2.08. The summed E-state index contributed by atoms with van der Waals surface area (Å²) in [5.74, 6) is 0.186. The molecule has 0 amide bonds. The summed E-state index contributed by atoms with van der Waals surface area (Å²) in [6.45, 7) is 6.45. The highest BCUT2D eigenvalue weighted by atomic mass is 32.2. The third-order valence-electron chi connectivity index (χ3n) is 1.88. The summed E-state index contributed by atoms with van der Waals surface area (Å²) in [6.07, 6.45) is 0. The minimum Gasteiger partial charge on any atom is -0.303 e. The van der Waals surface area contributed by atoms with Crippen LogP contribution in [0.4, 0.5) is 0 Å². The van der Waals surface area contributed by atoms with Gasteiger partial charge in [-0.05, 0) is 20.1 Å². The lowest BCUT2D eigenvalue weighted by Crippen LogP contribution is -2.32. The Kier molecular flexibility index (Phi) is 5.44. The van der Waals surface area contributed by atoms with E-state index in [0.29, 0.717) is 6.54 Å². The molecular weight excluding hydrogens is 176 g/mol. The molecule has 12 heavy (non-hydrogen) atoms. The molecule has 0 fully saturated rings. The molecule has 0 aromatic rings. The van der Waals surface area contributed by atoms with Crippen LogP contribution in [0.3, 0.4) is 0 Å². The first-order valence-corrected chi connectivity index (χ1v) is 5.84. The molecule has 0 unspecified atom stereocenters. The number of nitrogens with one attached hydrogen (secondary N) is 1. The molecular formula is C7H18N2O2S. The first-order valence-electron chi connectivity index (χ1n) is 4.19. The van der Waals surface area contributed by atoms with Crippen LogP contribution in [-0.4, -0.2) is 45.8 Å². The van der Waals surface area contributed by atoms with E-state index in [9.17, 15) is 8.42 Å². The van der Waals surface area contributed by atoms with Crippen LogP contribution in [-0.2, 0) is 10.0 Å². The Hall–Kier alpha value is -0.130. The van der Waals surface area contributed by atoms with Crippen molar-refractivity contribution in [2.45, 2.75) is 13.8 Å². The van der Waals surface area contributed by atoms with Crippen LogP contribution in [0.1, 0.15) is 13.8 Å². The largest absolute Gasteiger partial charge is 0.303 e. The Morgan fingerprint density at radius 3 is 2.08 bits per heavy atom. The van der Waals surface area contributed by atoms with E-state index in [-0.39, 0.29) is 5.75 Å². The second kappa shape index (κ2) is 5.50. The lowest BCUT2D eigenvalue weighted by molar-refractivity contribution is 0.321. The molecule has 0 aromatic carbocycles. The molecule has 0 heterocycles. The first kappa shape index (κ1) is 11.9. The van der Waals surface area contributed by atoms with E-state index in [4.69, 9.17) is 0 Å². The van der Waals surface area contributed by atoms with Gasteiger partial charge in [-0.25, -0.2) is 13.1 Å². The fourth-order valence-corrected chi connectivity index (χ4v) is 1.59. The molecule has 0 aliphatic heterocycles. The summed E-state index contributed by atoms with van der Waals surface area (Å²) in [7, 11) is -1.58. The monoisotopic (exact) mass is 194 g/mol. The predicted octanol–water partition coefficient (Wildman–Crippen LogP) is -0.123. The molecule has 0 radical (unpaired) electrons. The molecule has 4 nitrogen and oxygen atoms in total. The number of hydrogen-bond donors (Lipinski definition) is 1. The van der Waals surface area contributed by atoms with Gasteiger partial charge < -0.3 is 4.90 Å². The maximum Gasteiger partial charge on any atom is 0.212 e. The first-order chi connectivity index (χ1) is 5.55. The molecule has 0 saturated carbocycles. The number of sulfonamides is 1. The fraction of sp³-hybridized carbons (Fsp3) is 1.00. The zero-order chi connectivity index (χ0) is 9.61. The van der Waals surface area contributed by atoms with Gasteiger partial charge in [0.05, 0.1) is 5.75 Å². The van der Waals surface area contributed by atoms with Crippen molar-refractivity contribution < 1.29 is 8.42 Å². The normalized spacial score (nSPS) is 12.3. The highest BCUT2D eigenvalue weighted by Crippen LogP contribution is 1.89. The van der Waals surface area contributed by atoms with Crippen LogP contribution in [0, 0.1) is 0 Å². The molecule has 0 bridgehead atoms. The van der Waals surface area contributed by atoms with E-state index in [1.165, 1.54) is 7.05 Å². The van der Waals surface area contributed by atoms with Gasteiger partial charge in [0.2, 0.25) is 10.0 Å². The van der Waals surface area contributed by atoms with Crippen molar-refractivity contribution in [3.05, 3.63) is 0 Å². The van der Waals surface area contributed by atoms with Crippen molar-refractivity contribution >= 4 is 10.0 Å². The van der Waals surface area contributed by atoms with Crippen LogP contribution in [0.5, 0.6) is 0 Å². The average molecular weight is 194 g/mol. The van der Waals surface area contributed by atoms with Crippen LogP contribution in [0.25, 0.3) is 0 Å². The van der Waals surface area contributed by atoms with Crippen molar-refractivity contribution in [3.63, 3.8) is 0 Å². The summed E-state index contributed by atoms with van der Waals surface area (Å²) in [4.78, 5) is 2.08. The van der Waals surface area contributed by atoms with Crippen molar-refractivity contribution in [3.8, 4) is 0 Å². The molecule has 0 rings (SSSR count). The van der Waals surface area contributed by atoms with E-state index in [0.717, 1.165) is 13.1 Å². The van der Waals surface area contributed by atoms with Gasteiger partial charge in [-0.2, -0.15) is 0 Å². The second-order valence-electron chi connectivity index (χ2n) is 2.55. The third kappa shape index (κ3) is 4.69. The molecule has 0 aliphatic carbocycles. The van der Waals surface area contributed by atoms with Gasteiger partial charge in [0.25, 0.3) is 0 Å². The lowest BCUT2D eigenvalue weighted by Gasteiger charge is -2.17. The molecule has 5 heteroatoms. The zero-order valence-electron chi connectivity index (χ0n) is 8.00. The Bertz CT molecular complexity index is 197. The summed E-state index contributed by atoms with van der Waals surface area (Å²) in [5.41, 5.74) is 0. The summed E-state index contributed by atoms with van der Waals surface area (Å²) >= 11 is 0. The molecule has 0 aromatic heterocycles. The highest BCUT2D eigenvalue weighted by molar-refractivity contribution is 7.89. The van der Waals surface area contributed by atoms with Crippen molar-refractivity contribution in [1.29, 1.82) is 0 Å². The second-order valence-corrected chi connectivity index (χ2v) is 4.60. The van der Waals surface area contributed by atoms with Crippen LogP contribution >= 0.6 is 0 Å². The van der Waals surface area contributed by atoms with Gasteiger partial charge in [-0.3, -0.25) is 0 Å². The third-order valence-corrected chi connectivity index (χ3v) is 3.22. The van der Waals surface area contributed by atoms with E-state index in [2.05, 4.69) is 9.62 Å². The van der Waals surface area contributed by atoms with Crippen molar-refractivity contribution in [2.24, 2.45) is 0 Å². The van der Waals surface area contributed by atoms with Gasteiger partial charge in [-0.15, -0.1) is 0 Å². The molecule has 0 atom stereocenters. The molecule has 74 valence electrons. The minimum absolute atomic E-state index is 0.186. The molecule has 0 spiro atoms. The van der Waals surface area contributed by atoms with Crippen molar-refractivity contribution in [2.75, 3.05) is 32.4 Å². The van der Waals surface area contributed by atoms with Crippen molar-refractivity contribution in [1.82, 2.24) is 9.62 Å². The summed E-state index contributed by atoms with van der Waals surface area (Å²) in [5, 5.41) is 0. The summed E-state index contributed by atoms with van der Waals surface area (Å²) in [6, 6.07) is 0. The number of nitrogens with zero attached hydrogens (tertiary/aromatic N) is 1. The standard InChI is InChI=1S/C7H18N2O2S/c1-4-9(5-2)6-7-12(10,11)8-3/h8H,4-7H2,1-3H3. The fourth-order valence-electron chi connectivity index (χ4n) is 0.891. The van der Waals surface area contributed by atoms with Crippen LogP contribution in [0.15, 0.2) is 0 Å². The van der Waals surface area contributed by atoms with Gasteiger partial charge in [0.15, 0.2) is 0 Å². The van der Waals surface area contributed by atoms with E-state index in [1.807, 2.05) is 13.8 Å². The minimum atomic E-state index is -3.03. The zero-order valence-corrected chi connectivity index (χ0v) is 8.82. The Balaban J connectivity index is 3.81. The molecule has 0 aliphatic rings. The molecule has 0 saturated heterocycles. The SMILES string of the molecule is CCN(CC)CCS(=O)(=O)NC. The topological polar surface area (TPSA) is 49.4 Å². The Labute approximate surface area is 75.0 Å². The number of rotatable bonds is 6. The van der Waals surface area contributed by atoms with E-state index >= 15 is 0 Å². The van der Waals surface area contributed by atoms with E-state index < -0.39 is 10.0 Å². The quantitative estimate of drug-likeness (QED) is 0.641. The Morgan fingerprint density at radius 1 is 1.25 bits per heavy atom. The number of hydrogen-bond acceptors (Lipinski definition) is 3. The van der Waals surface area contributed by atoms with Crippen LogP contribution < -0.4 is 4.72 Å². The van der Waals surface area contributed by atoms with Crippen LogP contribution in [0.2, 0.25) is 0 Å². The molecule has 1 N–H and O–H groups in total. The summed E-state index contributed by atoms with van der Waals surface area (Å²) < 4.78 is 24.3. The average Bonchev–Trinajstić information content (AvgIpc) is 2.06. The van der Waals surface area contributed by atoms with Gasteiger partial charge in [0.1, 0.15) is 0 Å². The predicted molar refractivity (Wildman–Crippen MR) is 50.6 cm³/mol. The maximum absolute atomic E-state index is 11.0. The lowest BCUT2D eigenvalue weighted by atomic mass is 10.5. The smallest absolute Gasteiger partial charge is 0.212 e. The Morgan fingerprint density at radius 2 is 1.75 bits per heavy atom. The van der Waals surface area contributed by atoms with Gasteiger partial charge >= 0.3 is 0 Å². The van der Waals surface area contributed by atoms with E-state index in [1.54, 1.807) is 0 Å². The van der Waals surface area contributed by atoms with Gasteiger partial charge in [0, 0.05) is 6.54 Å². The van der Waals surface area contributed by atoms with Gasteiger partial charge in [-0.1, -0.05) is 13.8 Å².